The van der Waals surface area contributed by atoms with Gasteiger partial charge in [0.25, 0.3) is 0 Å². The number of hydrogen-bond donors (Lipinski definition) is 3. The molecule has 0 atom stereocenters. The van der Waals surface area contributed by atoms with Crippen molar-refractivity contribution in [3.05, 3.63) is 82.9 Å². The Balaban J connectivity index is 1.38. The maximum absolute atomic E-state index is 13.6. The molecule has 2 heterocycles. The van der Waals surface area contributed by atoms with Crippen molar-refractivity contribution in [1.82, 2.24) is 20.0 Å². The number of hydrogen-bond acceptors (Lipinski definition) is 5. The molecule has 2 amide bonds. The number of aromatic nitrogens is 4. The molecule has 0 aliphatic heterocycles. The molecule has 0 unspecified atom stereocenters. The average molecular weight is 446 g/mol. The molecular formula is C24H24FN7O. The summed E-state index contributed by atoms with van der Waals surface area (Å²) < 4.78 is 15.4. The number of anilines is 4. The topological polar surface area (TPSA) is 96.8 Å². The number of rotatable bonds is 5. The predicted octanol–water partition coefficient (Wildman–Crippen LogP) is 5.42. The van der Waals surface area contributed by atoms with Crippen molar-refractivity contribution in [2.24, 2.45) is 0 Å². The van der Waals surface area contributed by atoms with Crippen LogP contribution in [0.4, 0.5) is 32.1 Å². The van der Waals surface area contributed by atoms with Gasteiger partial charge in [0, 0.05) is 28.3 Å². The zero-order chi connectivity index (χ0) is 23.5. The number of aryl methyl sites for hydroxylation is 1. The molecule has 0 aliphatic rings. The van der Waals surface area contributed by atoms with E-state index in [9.17, 15) is 9.18 Å². The Labute approximate surface area is 190 Å². The van der Waals surface area contributed by atoms with E-state index < -0.39 is 6.03 Å². The number of nitrogens with zero attached hydrogens (tertiary/aromatic N) is 4. The summed E-state index contributed by atoms with van der Waals surface area (Å²) in [6, 6.07) is 14.9. The van der Waals surface area contributed by atoms with E-state index in [0.29, 0.717) is 28.6 Å². The van der Waals surface area contributed by atoms with Crippen LogP contribution in [0.15, 0.2) is 54.6 Å². The van der Waals surface area contributed by atoms with Gasteiger partial charge in [0.15, 0.2) is 11.6 Å². The molecule has 2 aromatic carbocycles. The lowest BCUT2D eigenvalue weighted by Crippen LogP contribution is -2.20. The van der Waals surface area contributed by atoms with Gasteiger partial charge in [0.2, 0.25) is 0 Å². The molecule has 9 heteroatoms. The molecule has 0 saturated carbocycles. The lowest BCUT2D eigenvalue weighted by Gasteiger charge is -2.11. The maximum atomic E-state index is 13.6. The molecule has 0 fully saturated rings. The minimum atomic E-state index is -0.453. The SMILES string of the molecule is Cc1nn(-c2ccc(Nc3ccc(NC(=O)Nc4cccc(F)c4C)cc3)nn2)c(C)c1C. The van der Waals surface area contributed by atoms with Crippen molar-refractivity contribution < 1.29 is 9.18 Å². The second-order valence-electron chi connectivity index (χ2n) is 7.68. The monoisotopic (exact) mass is 445 g/mol. The third-order valence-electron chi connectivity index (χ3n) is 5.45. The van der Waals surface area contributed by atoms with Crippen LogP contribution in [0.1, 0.15) is 22.5 Å². The molecule has 0 spiro atoms. The van der Waals surface area contributed by atoms with Gasteiger partial charge in [-0.3, -0.25) is 0 Å². The lowest BCUT2D eigenvalue weighted by atomic mass is 10.2. The highest BCUT2D eigenvalue weighted by atomic mass is 19.1. The van der Waals surface area contributed by atoms with E-state index in [1.54, 1.807) is 35.9 Å². The Hall–Kier alpha value is -4.27. The summed E-state index contributed by atoms with van der Waals surface area (Å²) in [4.78, 5) is 12.2. The highest BCUT2D eigenvalue weighted by Gasteiger charge is 2.11. The molecule has 4 rings (SSSR count). The van der Waals surface area contributed by atoms with Crippen molar-refractivity contribution in [1.29, 1.82) is 0 Å². The number of carbonyl (C=O) groups excluding carboxylic acids is 1. The highest BCUT2D eigenvalue weighted by Crippen LogP contribution is 2.21. The number of urea groups is 1. The van der Waals surface area contributed by atoms with E-state index in [2.05, 4.69) is 31.2 Å². The van der Waals surface area contributed by atoms with Crippen LogP contribution in [0.2, 0.25) is 0 Å². The number of carbonyl (C=O) groups is 1. The van der Waals surface area contributed by atoms with Gasteiger partial charge in [-0.05, 0) is 81.8 Å². The van der Waals surface area contributed by atoms with E-state index in [0.717, 1.165) is 22.6 Å². The summed E-state index contributed by atoms with van der Waals surface area (Å²) in [5.41, 5.74) is 5.30. The maximum Gasteiger partial charge on any atom is 0.323 e. The fraction of sp³-hybridized carbons (Fsp3) is 0.167. The summed E-state index contributed by atoms with van der Waals surface area (Å²) in [5, 5.41) is 21.5. The van der Waals surface area contributed by atoms with Gasteiger partial charge in [-0.1, -0.05) is 6.07 Å². The van der Waals surface area contributed by atoms with E-state index in [1.165, 1.54) is 6.07 Å². The van der Waals surface area contributed by atoms with Crippen molar-refractivity contribution >= 4 is 28.9 Å². The Kier molecular flexibility index (Phi) is 6.03. The lowest BCUT2D eigenvalue weighted by molar-refractivity contribution is 0.262. The first kappa shape index (κ1) is 21.9. The van der Waals surface area contributed by atoms with Gasteiger partial charge in [0.05, 0.1) is 5.69 Å². The molecule has 0 radical (unpaired) electrons. The molecule has 0 bridgehead atoms. The first-order chi connectivity index (χ1) is 15.8. The molecular weight excluding hydrogens is 421 g/mol. The minimum Gasteiger partial charge on any atom is -0.339 e. The normalized spacial score (nSPS) is 10.7. The predicted molar refractivity (Wildman–Crippen MR) is 127 cm³/mol. The van der Waals surface area contributed by atoms with Crippen LogP contribution in [0.25, 0.3) is 5.82 Å². The quantitative estimate of drug-likeness (QED) is 0.381. The van der Waals surface area contributed by atoms with Crippen molar-refractivity contribution in [2.45, 2.75) is 27.7 Å². The first-order valence-electron chi connectivity index (χ1n) is 10.4. The van der Waals surface area contributed by atoms with E-state index in [1.807, 2.05) is 45.0 Å². The average Bonchev–Trinajstić information content (AvgIpc) is 3.06. The van der Waals surface area contributed by atoms with Crippen LogP contribution < -0.4 is 16.0 Å². The first-order valence-corrected chi connectivity index (χ1v) is 10.4. The van der Waals surface area contributed by atoms with Gasteiger partial charge >= 0.3 is 6.03 Å². The summed E-state index contributed by atoms with van der Waals surface area (Å²) in [6.45, 7) is 7.60. The van der Waals surface area contributed by atoms with Crippen molar-refractivity contribution in [3.63, 3.8) is 0 Å². The van der Waals surface area contributed by atoms with Crippen LogP contribution in [-0.4, -0.2) is 26.0 Å². The Morgan fingerprint density at radius 2 is 1.58 bits per heavy atom. The van der Waals surface area contributed by atoms with Crippen molar-refractivity contribution in [2.75, 3.05) is 16.0 Å². The highest BCUT2D eigenvalue weighted by molar-refractivity contribution is 6.00. The molecule has 33 heavy (non-hydrogen) atoms. The van der Waals surface area contributed by atoms with Crippen LogP contribution in [0.3, 0.4) is 0 Å². The van der Waals surface area contributed by atoms with E-state index in [-0.39, 0.29) is 5.82 Å². The number of halogens is 1. The van der Waals surface area contributed by atoms with Gasteiger partial charge in [-0.25, -0.2) is 13.9 Å². The van der Waals surface area contributed by atoms with Gasteiger partial charge in [0.1, 0.15) is 5.82 Å². The number of benzene rings is 2. The third-order valence-corrected chi connectivity index (χ3v) is 5.45. The zero-order valence-electron chi connectivity index (χ0n) is 18.8. The van der Waals surface area contributed by atoms with Gasteiger partial charge in [-0.2, -0.15) is 5.10 Å². The zero-order valence-corrected chi connectivity index (χ0v) is 18.8. The smallest absolute Gasteiger partial charge is 0.323 e. The van der Waals surface area contributed by atoms with Crippen LogP contribution in [-0.2, 0) is 0 Å². The Bertz CT molecular complexity index is 1300. The second-order valence-corrected chi connectivity index (χ2v) is 7.68. The molecule has 4 aromatic rings. The van der Waals surface area contributed by atoms with E-state index in [4.69, 9.17) is 0 Å². The summed E-state index contributed by atoms with van der Waals surface area (Å²) in [7, 11) is 0. The largest absolute Gasteiger partial charge is 0.339 e. The fourth-order valence-electron chi connectivity index (χ4n) is 3.26. The van der Waals surface area contributed by atoms with Crippen LogP contribution in [0.5, 0.6) is 0 Å². The van der Waals surface area contributed by atoms with Gasteiger partial charge < -0.3 is 16.0 Å². The second kappa shape index (κ2) is 9.07. The Morgan fingerprint density at radius 3 is 2.21 bits per heavy atom. The molecule has 0 aliphatic carbocycles. The van der Waals surface area contributed by atoms with Crippen molar-refractivity contribution in [3.8, 4) is 5.82 Å². The standard InChI is InChI=1S/C24H24FN7O/c1-14-16(3)31-32(17(14)4)23-13-12-22(29-30-23)26-18-8-10-19(11-9-18)27-24(33)28-21-7-5-6-20(25)15(21)2/h5-13H,1-4H3,(H,26,29)(H2,27,28,33). The van der Waals surface area contributed by atoms with E-state index >= 15 is 0 Å². The number of amides is 2. The Morgan fingerprint density at radius 1 is 0.848 bits per heavy atom. The van der Waals surface area contributed by atoms with Crippen LogP contribution >= 0.6 is 0 Å². The molecule has 168 valence electrons. The summed E-state index contributed by atoms with van der Waals surface area (Å²) in [5.74, 6) is 0.856. The molecule has 8 nitrogen and oxygen atoms in total. The number of nitrogens with one attached hydrogen (secondary N) is 3. The minimum absolute atomic E-state index is 0.371. The van der Waals surface area contributed by atoms with Gasteiger partial charge in [-0.15, -0.1) is 10.2 Å². The molecule has 2 aromatic heterocycles. The van der Waals surface area contributed by atoms with Crippen LogP contribution in [0, 0.1) is 33.5 Å². The summed E-state index contributed by atoms with van der Waals surface area (Å²) in [6.07, 6.45) is 0. The molecule has 3 N–H and O–H groups in total. The molecule has 0 saturated heterocycles. The third kappa shape index (κ3) is 4.82. The summed E-state index contributed by atoms with van der Waals surface area (Å²) >= 11 is 0. The fourth-order valence-corrected chi connectivity index (χ4v) is 3.26.